The molecule has 29 heavy (non-hydrogen) atoms. The molecule has 0 radical (unpaired) electrons. The lowest BCUT2D eigenvalue weighted by Gasteiger charge is -2.02. The molecule has 0 saturated heterocycles. The molecule has 0 bridgehead atoms. The minimum Gasteiger partial charge on any atom is -0.465 e. The van der Waals surface area contributed by atoms with Crippen molar-refractivity contribution in [1.82, 2.24) is 4.57 Å². The number of sulfone groups is 1. The maximum atomic E-state index is 12.6. The van der Waals surface area contributed by atoms with Crippen LogP contribution in [-0.4, -0.2) is 38.2 Å². The number of fused-ring (bicyclic) bond motifs is 1. The Labute approximate surface area is 171 Å². The number of methoxy groups -OCH3 is 1. The number of hydrogen-bond acceptors (Lipinski definition) is 6. The van der Waals surface area contributed by atoms with Crippen LogP contribution in [0.1, 0.15) is 20.7 Å². The third kappa shape index (κ3) is 4.29. The third-order valence-electron chi connectivity index (χ3n) is 4.08. The van der Waals surface area contributed by atoms with Gasteiger partial charge in [0.15, 0.2) is 14.6 Å². The fourth-order valence-electron chi connectivity index (χ4n) is 2.63. The van der Waals surface area contributed by atoms with Crippen molar-refractivity contribution in [2.24, 2.45) is 4.99 Å². The molecule has 2 aromatic carbocycles. The second kappa shape index (κ2) is 8.03. The molecule has 148 valence electrons. The number of esters is 1. The van der Waals surface area contributed by atoms with Gasteiger partial charge in [-0.15, -0.1) is 6.42 Å². The topological polar surface area (TPSA) is 94.8 Å². The molecule has 0 aliphatic carbocycles. The first-order valence-corrected chi connectivity index (χ1v) is 11.0. The van der Waals surface area contributed by atoms with Crippen LogP contribution in [0.2, 0.25) is 0 Å². The van der Waals surface area contributed by atoms with Crippen LogP contribution in [0.4, 0.5) is 0 Å². The first kappa shape index (κ1) is 20.5. The number of amides is 1. The smallest absolute Gasteiger partial charge is 0.337 e. The molecule has 0 fully saturated rings. The first-order chi connectivity index (χ1) is 13.7. The van der Waals surface area contributed by atoms with Crippen LogP contribution in [0.3, 0.4) is 0 Å². The number of ether oxygens (including phenoxy) is 1. The Morgan fingerprint density at radius 2 is 1.83 bits per heavy atom. The number of nitrogens with zero attached hydrogens (tertiary/aromatic N) is 2. The molecule has 0 saturated carbocycles. The maximum absolute atomic E-state index is 12.6. The highest BCUT2D eigenvalue weighted by Gasteiger charge is 2.13. The summed E-state index contributed by atoms with van der Waals surface area (Å²) in [5.41, 5.74) is 1.30. The zero-order valence-electron chi connectivity index (χ0n) is 15.6. The third-order valence-corrected chi connectivity index (χ3v) is 6.23. The van der Waals surface area contributed by atoms with E-state index in [-0.39, 0.29) is 11.4 Å². The predicted octanol–water partition coefficient (Wildman–Crippen LogP) is 2.27. The Kier molecular flexibility index (Phi) is 5.68. The average molecular weight is 428 g/mol. The van der Waals surface area contributed by atoms with Gasteiger partial charge in [-0.2, -0.15) is 4.99 Å². The largest absolute Gasteiger partial charge is 0.465 e. The lowest BCUT2D eigenvalue weighted by atomic mass is 10.1. The van der Waals surface area contributed by atoms with Crippen molar-refractivity contribution in [3.8, 4) is 12.3 Å². The molecular formula is C20H16N2O5S2. The molecule has 0 aliphatic heterocycles. The molecule has 0 spiro atoms. The van der Waals surface area contributed by atoms with Gasteiger partial charge in [0.05, 0.1) is 34.3 Å². The van der Waals surface area contributed by atoms with Gasteiger partial charge in [0.25, 0.3) is 5.91 Å². The minimum atomic E-state index is -3.37. The summed E-state index contributed by atoms with van der Waals surface area (Å²) in [7, 11) is -2.09. The molecule has 1 heterocycles. The number of hydrogen-bond donors (Lipinski definition) is 0. The van der Waals surface area contributed by atoms with E-state index in [0.29, 0.717) is 26.1 Å². The van der Waals surface area contributed by atoms with E-state index < -0.39 is 21.7 Å². The van der Waals surface area contributed by atoms with Crippen LogP contribution in [-0.2, 0) is 21.1 Å². The van der Waals surface area contributed by atoms with Crippen molar-refractivity contribution < 1.29 is 22.7 Å². The van der Waals surface area contributed by atoms with Crippen LogP contribution >= 0.6 is 11.3 Å². The summed E-state index contributed by atoms with van der Waals surface area (Å²) in [5.74, 6) is 1.50. The zero-order valence-corrected chi connectivity index (χ0v) is 17.2. The number of terminal acetylenes is 1. The van der Waals surface area contributed by atoms with Gasteiger partial charge in [-0.3, -0.25) is 4.79 Å². The van der Waals surface area contributed by atoms with E-state index in [1.807, 2.05) is 0 Å². The normalized spacial score (nSPS) is 12.0. The molecule has 1 amide bonds. The van der Waals surface area contributed by atoms with Crippen molar-refractivity contribution in [3.05, 3.63) is 58.4 Å². The van der Waals surface area contributed by atoms with E-state index in [9.17, 15) is 18.0 Å². The monoisotopic (exact) mass is 428 g/mol. The Morgan fingerprint density at radius 3 is 2.41 bits per heavy atom. The van der Waals surface area contributed by atoms with Crippen molar-refractivity contribution in [1.29, 1.82) is 0 Å². The van der Waals surface area contributed by atoms with Gasteiger partial charge in [-0.05, 0) is 42.5 Å². The molecular weight excluding hydrogens is 412 g/mol. The molecule has 0 unspecified atom stereocenters. The molecule has 0 atom stereocenters. The Bertz CT molecular complexity index is 1320. The van der Waals surface area contributed by atoms with Gasteiger partial charge in [0.1, 0.15) is 0 Å². The molecule has 9 heteroatoms. The van der Waals surface area contributed by atoms with E-state index in [1.165, 1.54) is 54.8 Å². The Balaban J connectivity index is 2.08. The van der Waals surface area contributed by atoms with Gasteiger partial charge >= 0.3 is 5.97 Å². The lowest BCUT2D eigenvalue weighted by molar-refractivity contribution is 0.0600. The Morgan fingerprint density at radius 1 is 1.17 bits per heavy atom. The van der Waals surface area contributed by atoms with Crippen LogP contribution < -0.4 is 4.80 Å². The molecule has 3 rings (SSSR count). The van der Waals surface area contributed by atoms with Gasteiger partial charge in [0, 0.05) is 11.8 Å². The zero-order chi connectivity index (χ0) is 21.2. The van der Waals surface area contributed by atoms with Crippen LogP contribution in [0.15, 0.2) is 52.4 Å². The Hall–Kier alpha value is -3.22. The highest BCUT2D eigenvalue weighted by atomic mass is 32.2. The van der Waals surface area contributed by atoms with Crippen molar-refractivity contribution in [2.45, 2.75) is 11.4 Å². The summed E-state index contributed by atoms with van der Waals surface area (Å²) < 4.78 is 30.6. The summed E-state index contributed by atoms with van der Waals surface area (Å²) in [6, 6.07) is 10.6. The van der Waals surface area contributed by atoms with E-state index in [1.54, 1.807) is 10.6 Å². The summed E-state index contributed by atoms with van der Waals surface area (Å²) >= 11 is 1.17. The summed E-state index contributed by atoms with van der Waals surface area (Å²) in [6.45, 7) is 0.172. The van der Waals surface area contributed by atoms with Crippen molar-refractivity contribution in [2.75, 3.05) is 13.4 Å². The van der Waals surface area contributed by atoms with Crippen LogP contribution in [0, 0.1) is 12.3 Å². The molecule has 3 aromatic rings. The molecule has 1 aromatic heterocycles. The molecule has 7 nitrogen and oxygen atoms in total. The lowest BCUT2D eigenvalue weighted by Crippen LogP contribution is -2.16. The predicted molar refractivity (Wildman–Crippen MR) is 109 cm³/mol. The highest BCUT2D eigenvalue weighted by molar-refractivity contribution is 7.90. The molecule has 0 aliphatic rings. The SMILES string of the molecule is C#CCn1c(=NC(=O)c2ccc(C(=O)OC)cc2)sc2cc(S(C)(=O)=O)ccc21. The van der Waals surface area contributed by atoms with E-state index >= 15 is 0 Å². The van der Waals surface area contributed by atoms with Gasteiger partial charge in [0.2, 0.25) is 0 Å². The number of carbonyl (C=O) groups excluding carboxylic acids is 2. The first-order valence-electron chi connectivity index (χ1n) is 8.29. The van der Waals surface area contributed by atoms with Crippen LogP contribution in [0.5, 0.6) is 0 Å². The van der Waals surface area contributed by atoms with Crippen molar-refractivity contribution >= 4 is 43.3 Å². The van der Waals surface area contributed by atoms with E-state index in [2.05, 4.69) is 15.6 Å². The number of thiazole rings is 1. The average Bonchev–Trinajstić information content (AvgIpc) is 3.03. The minimum absolute atomic E-state index is 0.172. The second-order valence-electron chi connectivity index (χ2n) is 6.06. The second-order valence-corrected chi connectivity index (χ2v) is 9.09. The fourth-order valence-corrected chi connectivity index (χ4v) is 4.42. The van der Waals surface area contributed by atoms with Gasteiger partial charge in [-0.25, -0.2) is 13.2 Å². The number of aromatic nitrogens is 1. The fraction of sp³-hybridized carbons (Fsp3) is 0.150. The highest BCUT2D eigenvalue weighted by Crippen LogP contribution is 2.22. The van der Waals surface area contributed by atoms with Crippen LogP contribution in [0.25, 0.3) is 10.2 Å². The number of carbonyl (C=O) groups is 2. The maximum Gasteiger partial charge on any atom is 0.337 e. The quantitative estimate of drug-likeness (QED) is 0.469. The van der Waals surface area contributed by atoms with Crippen molar-refractivity contribution in [3.63, 3.8) is 0 Å². The molecule has 0 N–H and O–H groups in total. The van der Waals surface area contributed by atoms with E-state index in [4.69, 9.17) is 6.42 Å². The van der Waals surface area contributed by atoms with Gasteiger partial charge in [-0.1, -0.05) is 17.3 Å². The summed E-state index contributed by atoms with van der Waals surface area (Å²) in [6.07, 6.45) is 6.58. The standard InChI is InChI=1S/C20H16N2O5S2/c1-4-11-22-16-10-9-15(29(3,25)26)12-17(16)28-20(22)21-18(23)13-5-7-14(8-6-13)19(24)27-2/h1,5-10,12H,11H2,2-3H3. The van der Waals surface area contributed by atoms with E-state index in [0.717, 1.165) is 6.26 Å². The summed E-state index contributed by atoms with van der Waals surface area (Å²) in [4.78, 5) is 28.8. The number of benzene rings is 2. The summed E-state index contributed by atoms with van der Waals surface area (Å²) in [5, 5.41) is 0. The number of rotatable bonds is 4. The van der Waals surface area contributed by atoms with Gasteiger partial charge < -0.3 is 9.30 Å².